The first-order valence-electron chi connectivity index (χ1n) is 9.64. The molecular weight excluding hydrogens is 354 g/mol. The minimum atomic E-state index is -0.547. The SMILES string of the molecule is O=c1ccc2cc(OC[C@H](O)CN3CCN(c4ccccc4)CC3)ccc2[nH]1. The van der Waals surface area contributed by atoms with E-state index < -0.39 is 6.10 Å². The van der Waals surface area contributed by atoms with Crippen molar-refractivity contribution in [1.82, 2.24) is 9.88 Å². The van der Waals surface area contributed by atoms with Crippen molar-refractivity contribution in [3.05, 3.63) is 71.0 Å². The molecule has 6 heteroatoms. The van der Waals surface area contributed by atoms with Crippen LogP contribution in [-0.2, 0) is 0 Å². The number of piperazine rings is 1. The summed E-state index contributed by atoms with van der Waals surface area (Å²) in [6.07, 6.45) is -0.547. The summed E-state index contributed by atoms with van der Waals surface area (Å²) >= 11 is 0. The van der Waals surface area contributed by atoms with Gasteiger partial charge in [0.1, 0.15) is 18.5 Å². The fourth-order valence-electron chi connectivity index (χ4n) is 3.59. The van der Waals surface area contributed by atoms with Gasteiger partial charge in [0.05, 0.1) is 0 Å². The number of hydrogen-bond acceptors (Lipinski definition) is 5. The molecule has 1 atom stereocenters. The predicted octanol–water partition coefficient (Wildman–Crippen LogP) is 2.09. The molecule has 0 spiro atoms. The summed E-state index contributed by atoms with van der Waals surface area (Å²) in [5, 5.41) is 11.3. The van der Waals surface area contributed by atoms with Crippen LogP contribution in [0.25, 0.3) is 10.9 Å². The van der Waals surface area contributed by atoms with Gasteiger partial charge < -0.3 is 19.7 Å². The Hall–Kier alpha value is -2.83. The Morgan fingerprint density at radius 3 is 2.57 bits per heavy atom. The number of β-amino-alcohol motifs (C(OH)–C–C–N with tert-alkyl or cyclic N) is 1. The Bertz CT molecular complexity index is 965. The van der Waals surface area contributed by atoms with Gasteiger partial charge in [0.2, 0.25) is 5.56 Å². The molecule has 146 valence electrons. The number of aromatic nitrogens is 1. The summed E-state index contributed by atoms with van der Waals surface area (Å²) in [5.74, 6) is 0.687. The van der Waals surface area contributed by atoms with Crippen LogP contribution in [0, 0.1) is 0 Å². The summed E-state index contributed by atoms with van der Waals surface area (Å²) in [6.45, 7) is 4.61. The van der Waals surface area contributed by atoms with E-state index in [0.717, 1.165) is 37.1 Å². The first-order chi connectivity index (χ1) is 13.7. The minimum Gasteiger partial charge on any atom is -0.491 e. The molecule has 1 saturated heterocycles. The van der Waals surface area contributed by atoms with Gasteiger partial charge in [-0.25, -0.2) is 0 Å². The van der Waals surface area contributed by atoms with Gasteiger partial charge in [-0.1, -0.05) is 18.2 Å². The lowest BCUT2D eigenvalue weighted by Gasteiger charge is -2.36. The van der Waals surface area contributed by atoms with Crippen molar-refractivity contribution in [1.29, 1.82) is 0 Å². The number of pyridine rings is 1. The zero-order valence-corrected chi connectivity index (χ0v) is 15.8. The molecule has 3 aromatic rings. The summed E-state index contributed by atoms with van der Waals surface area (Å²) in [4.78, 5) is 18.8. The van der Waals surface area contributed by atoms with Crippen LogP contribution in [-0.4, -0.2) is 60.4 Å². The molecule has 1 aromatic heterocycles. The van der Waals surface area contributed by atoms with E-state index in [1.165, 1.54) is 11.8 Å². The number of H-pyrrole nitrogens is 1. The Labute approximate surface area is 164 Å². The second-order valence-electron chi connectivity index (χ2n) is 7.16. The standard InChI is InChI=1S/C22H25N3O3/c26-19(15-24-10-12-25(13-11-24)18-4-2-1-3-5-18)16-28-20-7-8-21-17(14-20)6-9-22(27)23-21/h1-9,14,19,26H,10-13,15-16H2,(H,23,27)/t19-/m1/s1. The molecule has 2 aromatic carbocycles. The van der Waals surface area contributed by atoms with E-state index in [0.29, 0.717) is 12.3 Å². The molecular formula is C22H25N3O3. The Morgan fingerprint density at radius 1 is 1.00 bits per heavy atom. The van der Waals surface area contributed by atoms with E-state index in [4.69, 9.17) is 4.74 Å². The molecule has 0 unspecified atom stereocenters. The lowest BCUT2D eigenvalue weighted by Crippen LogP contribution is -2.49. The zero-order chi connectivity index (χ0) is 19.3. The van der Waals surface area contributed by atoms with E-state index >= 15 is 0 Å². The number of fused-ring (bicyclic) bond motifs is 1. The van der Waals surface area contributed by atoms with Gasteiger partial charge in [-0.05, 0) is 36.4 Å². The van der Waals surface area contributed by atoms with Gasteiger partial charge >= 0.3 is 0 Å². The molecule has 28 heavy (non-hydrogen) atoms. The van der Waals surface area contributed by atoms with Crippen LogP contribution in [0.5, 0.6) is 5.75 Å². The van der Waals surface area contributed by atoms with Crippen LogP contribution in [0.15, 0.2) is 65.5 Å². The molecule has 6 nitrogen and oxygen atoms in total. The number of ether oxygens (including phenoxy) is 1. The maximum Gasteiger partial charge on any atom is 0.248 e. The molecule has 1 fully saturated rings. The monoisotopic (exact) mass is 379 g/mol. The van der Waals surface area contributed by atoms with Crippen molar-refractivity contribution in [3.8, 4) is 5.75 Å². The smallest absolute Gasteiger partial charge is 0.248 e. The number of para-hydroxylation sites is 1. The number of rotatable bonds is 6. The first-order valence-corrected chi connectivity index (χ1v) is 9.64. The largest absolute Gasteiger partial charge is 0.491 e. The minimum absolute atomic E-state index is 0.121. The van der Waals surface area contributed by atoms with Gasteiger partial charge in [0.25, 0.3) is 0 Å². The molecule has 1 aliphatic heterocycles. The summed E-state index contributed by atoms with van der Waals surface area (Å²) in [6, 6.07) is 19.2. The maximum absolute atomic E-state index is 11.3. The molecule has 1 aliphatic rings. The van der Waals surface area contributed by atoms with Crippen molar-refractivity contribution in [2.45, 2.75) is 6.10 Å². The molecule has 0 bridgehead atoms. The third-order valence-electron chi connectivity index (χ3n) is 5.10. The lowest BCUT2D eigenvalue weighted by molar-refractivity contribution is 0.0663. The number of anilines is 1. The summed E-state index contributed by atoms with van der Waals surface area (Å²) in [5.41, 5.74) is 1.91. The summed E-state index contributed by atoms with van der Waals surface area (Å²) in [7, 11) is 0. The normalized spacial score (nSPS) is 16.2. The average molecular weight is 379 g/mol. The molecule has 2 heterocycles. The predicted molar refractivity (Wildman–Crippen MR) is 111 cm³/mol. The Kier molecular flexibility index (Phi) is 5.60. The van der Waals surface area contributed by atoms with Gasteiger partial charge in [0, 0.05) is 55.4 Å². The van der Waals surface area contributed by atoms with E-state index in [9.17, 15) is 9.90 Å². The van der Waals surface area contributed by atoms with Crippen molar-refractivity contribution in [3.63, 3.8) is 0 Å². The zero-order valence-electron chi connectivity index (χ0n) is 15.8. The van der Waals surface area contributed by atoms with Crippen molar-refractivity contribution in [2.24, 2.45) is 0 Å². The topological polar surface area (TPSA) is 68.8 Å². The molecule has 0 aliphatic carbocycles. The van der Waals surface area contributed by atoms with Crippen molar-refractivity contribution in [2.75, 3.05) is 44.2 Å². The van der Waals surface area contributed by atoms with E-state index in [-0.39, 0.29) is 12.2 Å². The van der Waals surface area contributed by atoms with Crippen LogP contribution < -0.4 is 15.2 Å². The second-order valence-corrected chi connectivity index (χ2v) is 7.16. The molecule has 2 N–H and O–H groups in total. The van der Waals surface area contributed by atoms with Crippen molar-refractivity contribution >= 4 is 16.6 Å². The highest BCUT2D eigenvalue weighted by molar-refractivity contribution is 5.79. The number of nitrogens with one attached hydrogen (secondary N) is 1. The number of aliphatic hydroxyl groups excluding tert-OH is 1. The average Bonchev–Trinajstić information content (AvgIpc) is 2.73. The third kappa shape index (κ3) is 4.52. The number of aromatic amines is 1. The van der Waals surface area contributed by atoms with Crippen molar-refractivity contribution < 1.29 is 9.84 Å². The fourth-order valence-corrected chi connectivity index (χ4v) is 3.59. The number of hydrogen-bond donors (Lipinski definition) is 2. The highest BCUT2D eigenvalue weighted by atomic mass is 16.5. The highest BCUT2D eigenvalue weighted by Crippen LogP contribution is 2.19. The molecule has 0 radical (unpaired) electrons. The quantitative estimate of drug-likeness (QED) is 0.686. The third-order valence-corrected chi connectivity index (χ3v) is 5.10. The lowest BCUT2D eigenvalue weighted by atomic mass is 10.2. The van der Waals surface area contributed by atoms with Gasteiger partial charge in [-0.15, -0.1) is 0 Å². The van der Waals surface area contributed by atoms with Crippen LogP contribution in [0.2, 0.25) is 0 Å². The fraction of sp³-hybridized carbons (Fsp3) is 0.318. The maximum atomic E-state index is 11.3. The van der Waals surface area contributed by atoms with E-state index in [1.807, 2.05) is 24.3 Å². The number of aliphatic hydroxyl groups is 1. The van der Waals surface area contributed by atoms with Crippen LogP contribution in [0.1, 0.15) is 0 Å². The Morgan fingerprint density at radius 2 is 1.79 bits per heavy atom. The highest BCUT2D eigenvalue weighted by Gasteiger charge is 2.19. The first kappa shape index (κ1) is 18.5. The molecule has 4 rings (SSSR count). The van der Waals surface area contributed by atoms with Gasteiger partial charge in [0.15, 0.2) is 0 Å². The molecule has 0 amide bonds. The van der Waals surface area contributed by atoms with Crippen LogP contribution >= 0.6 is 0 Å². The molecule has 0 saturated carbocycles. The van der Waals surface area contributed by atoms with Gasteiger partial charge in [-0.3, -0.25) is 9.69 Å². The number of benzene rings is 2. The number of nitrogens with zero attached hydrogens (tertiary/aromatic N) is 2. The Balaban J connectivity index is 1.25. The van der Waals surface area contributed by atoms with E-state index in [2.05, 4.69) is 39.0 Å². The van der Waals surface area contributed by atoms with E-state index in [1.54, 1.807) is 6.07 Å². The van der Waals surface area contributed by atoms with Crippen LogP contribution in [0.4, 0.5) is 5.69 Å². The van der Waals surface area contributed by atoms with Gasteiger partial charge in [-0.2, -0.15) is 0 Å². The summed E-state index contributed by atoms with van der Waals surface area (Å²) < 4.78 is 5.76. The second kappa shape index (κ2) is 8.46. The van der Waals surface area contributed by atoms with Crippen LogP contribution in [0.3, 0.4) is 0 Å².